The molecule has 8 nitrogen and oxygen atoms in total. The van der Waals surface area contributed by atoms with Crippen LogP contribution in [0.15, 0.2) is 48.5 Å². The molecule has 3 heterocycles. The Morgan fingerprint density at radius 1 is 1.10 bits per heavy atom. The van der Waals surface area contributed by atoms with E-state index in [1.807, 2.05) is 12.1 Å². The molecule has 8 heteroatoms. The Hall–Kier alpha value is -3.23. The molecule has 0 aliphatic carbocycles. The zero-order valence-electron chi connectivity index (χ0n) is 17.2. The van der Waals surface area contributed by atoms with Gasteiger partial charge in [-0.2, -0.15) is 0 Å². The second-order valence-corrected chi connectivity index (χ2v) is 8.30. The third kappa shape index (κ3) is 2.58. The van der Waals surface area contributed by atoms with Gasteiger partial charge in [-0.15, -0.1) is 0 Å². The Balaban J connectivity index is 1.60. The molecule has 2 aromatic rings. The monoisotopic (exact) mass is 421 g/mol. The highest BCUT2D eigenvalue weighted by Gasteiger charge is 2.71. The molecule has 31 heavy (non-hydrogen) atoms. The highest BCUT2D eigenvalue weighted by Crippen LogP contribution is 2.53. The van der Waals surface area contributed by atoms with E-state index in [1.165, 1.54) is 12.0 Å². The number of para-hydroxylation sites is 2. The zero-order valence-corrected chi connectivity index (χ0v) is 17.2. The van der Waals surface area contributed by atoms with Gasteiger partial charge in [0.2, 0.25) is 17.7 Å². The van der Waals surface area contributed by atoms with Gasteiger partial charge in [0.05, 0.1) is 31.6 Å². The first kappa shape index (κ1) is 19.7. The number of rotatable bonds is 4. The number of hydrogen-bond donors (Lipinski definition) is 3. The quantitative estimate of drug-likeness (QED) is 0.636. The molecule has 3 amide bonds. The van der Waals surface area contributed by atoms with Crippen LogP contribution < -0.4 is 15.4 Å². The Labute approximate surface area is 179 Å². The number of imide groups is 1. The number of carbonyl (C=O) groups excluding carboxylic acids is 3. The van der Waals surface area contributed by atoms with Crippen LogP contribution in [0.5, 0.6) is 5.75 Å². The number of carbonyl (C=O) groups is 3. The molecule has 3 N–H and O–H groups in total. The normalized spacial score (nSPS) is 29.8. The molecule has 0 saturated carbocycles. The lowest BCUT2D eigenvalue weighted by Gasteiger charge is -2.30. The van der Waals surface area contributed by atoms with Crippen LogP contribution >= 0.6 is 0 Å². The van der Waals surface area contributed by atoms with Crippen LogP contribution in [0.2, 0.25) is 0 Å². The van der Waals surface area contributed by atoms with Gasteiger partial charge in [-0.25, -0.2) is 0 Å². The summed E-state index contributed by atoms with van der Waals surface area (Å²) in [6.45, 7) is 1.60. The van der Waals surface area contributed by atoms with Crippen molar-refractivity contribution in [3.8, 4) is 5.75 Å². The number of amides is 3. The number of likely N-dealkylation sites (tertiary alicyclic amines) is 1. The molecule has 2 aromatic carbocycles. The Bertz CT molecular complexity index is 1100. The minimum absolute atomic E-state index is 0.0422. The second kappa shape index (κ2) is 6.90. The fourth-order valence-electron chi connectivity index (χ4n) is 5.32. The van der Waals surface area contributed by atoms with E-state index < -0.39 is 41.3 Å². The number of fused-ring (bicyclic) bond motifs is 4. The summed E-state index contributed by atoms with van der Waals surface area (Å²) in [6.07, 6.45) is -0.935. The van der Waals surface area contributed by atoms with Gasteiger partial charge in [0, 0.05) is 22.9 Å². The van der Waals surface area contributed by atoms with Crippen LogP contribution in [0, 0.1) is 11.8 Å². The fourth-order valence-corrected chi connectivity index (χ4v) is 5.32. The van der Waals surface area contributed by atoms with Gasteiger partial charge in [-0.3, -0.25) is 24.6 Å². The van der Waals surface area contributed by atoms with Crippen molar-refractivity contribution in [3.05, 3.63) is 59.7 Å². The smallest absolute Gasteiger partial charge is 0.250 e. The van der Waals surface area contributed by atoms with E-state index in [4.69, 9.17) is 4.74 Å². The molecule has 2 saturated heterocycles. The third-order valence-corrected chi connectivity index (χ3v) is 6.69. The zero-order chi connectivity index (χ0) is 21.9. The first-order valence-corrected chi connectivity index (χ1v) is 10.2. The van der Waals surface area contributed by atoms with E-state index in [0.29, 0.717) is 22.6 Å². The molecule has 3 aliphatic heterocycles. The van der Waals surface area contributed by atoms with E-state index in [-0.39, 0.29) is 12.5 Å². The summed E-state index contributed by atoms with van der Waals surface area (Å²) < 4.78 is 5.37. The Kier molecular flexibility index (Phi) is 4.39. The fraction of sp³-hybridized carbons (Fsp3) is 0.348. The lowest BCUT2D eigenvalue weighted by atomic mass is 9.76. The van der Waals surface area contributed by atoms with Crippen molar-refractivity contribution in [2.24, 2.45) is 11.8 Å². The summed E-state index contributed by atoms with van der Waals surface area (Å²) in [6, 6.07) is 13.6. The van der Waals surface area contributed by atoms with Gasteiger partial charge in [-0.05, 0) is 19.1 Å². The van der Waals surface area contributed by atoms with Crippen molar-refractivity contribution in [1.29, 1.82) is 0 Å². The molecule has 160 valence electrons. The Morgan fingerprint density at radius 2 is 1.81 bits per heavy atom. The number of benzene rings is 2. The maximum Gasteiger partial charge on any atom is 0.250 e. The van der Waals surface area contributed by atoms with Crippen LogP contribution in [0.3, 0.4) is 0 Å². The molecule has 0 unspecified atom stereocenters. The first-order valence-electron chi connectivity index (χ1n) is 10.2. The highest BCUT2D eigenvalue weighted by atomic mass is 16.5. The van der Waals surface area contributed by atoms with Gasteiger partial charge < -0.3 is 15.2 Å². The topological polar surface area (TPSA) is 108 Å². The molecular weight excluding hydrogens is 398 g/mol. The summed E-state index contributed by atoms with van der Waals surface area (Å²) in [5.74, 6) is -2.43. The van der Waals surface area contributed by atoms with E-state index in [2.05, 4.69) is 10.6 Å². The minimum Gasteiger partial charge on any atom is -0.496 e. The Morgan fingerprint density at radius 3 is 2.55 bits per heavy atom. The first-order chi connectivity index (χ1) is 14.9. The summed E-state index contributed by atoms with van der Waals surface area (Å²) in [5.41, 5.74) is 0.524. The molecule has 0 radical (unpaired) electrons. The van der Waals surface area contributed by atoms with Crippen LogP contribution in [0.25, 0.3) is 0 Å². The maximum absolute atomic E-state index is 13.6. The minimum atomic E-state index is -1.40. The van der Waals surface area contributed by atoms with Gasteiger partial charge in [0.1, 0.15) is 11.3 Å². The number of nitrogens with zero attached hydrogens (tertiary/aromatic N) is 1. The van der Waals surface area contributed by atoms with Gasteiger partial charge in [0.25, 0.3) is 0 Å². The van der Waals surface area contributed by atoms with Gasteiger partial charge >= 0.3 is 0 Å². The molecular formula is C23H23N3O5. The van der Waals surface area contributed by atoms with Crippen molar-refractivity contribution in [1.82, 2.24) is 10.2 Å². The average molecular weight is 421 g/mol. The molecule has 0 bridgehead atoms. The summed E-state index contributed by atoms with van der Waals surface area (Å²) in [5, 5.41) is 16.5. The van der Waals surface area contributed by atoms with Gasteiger partial charge in [0.15, 0.2) is 0 Å². The standard InChI is InChI=1S/C23H23N3O5/c1-12(27)19-17-18(23(25-19)14-8-4-5-9-15(14)24-22(23)30)21(29)26(20(17)28)11-13-7-3-6-10-16(13)31-2/h3-10,12,17-19,25,27H,11H2,1-2H3,(H,24,30)/t12-,17-,18+,19+,23+/m1/s1. The van der Waals surface area contributed by atoms with Crippen LogP contribution in [-0.2, 0) is 26.5 Å². The van der Waals surface area contributed by atoms with E-state index >= 15 is 0 Å². The number of hydrogen-bond acceptors (Lipinski definition) is 6. The lowest BCUT2D eigenvalue weighted by Crippen LogP contribution is -2.54. The highest BCUT2D eigenvalue weighted by molar-refractivity contribution is 6.15. The maximum atomic E-state index is 13.6. The SMILES string of the molecule is COc1ccccc1CN1C(=O)[C@H]2[C@H]([C@@H](C)O)N[C@]3(C(=O)Nc4ccccc43)[C@@H]2C1=O. The molecule has 3 aliphatic rings. The van der Waals surface area contributed by atoms with Crippen LogP contribution in [0.4, 0.5) is 5.69 Å². The number of anilines is 1. The van der Waals surface area contributed by atoms with Crippen molar-refractivity contribution >= 4 is 23.4 Å². The molecule has 0 aromatic heterocycles. The second-order valence-electron chi connectivity index (χ2n) is 8.30. The average Bonchev–Trinajstić information content (AvgIpc) is 3.35. The predicted octanol–water partition coefficient (Wildman–Crippen LogP) is 0.997. The van der Waals surface area contributed by atoms with E-state index in [9.17, 15) is 19.5 Å². The summed E-state index contributed by atoms with van der Waals surface area (Å²) >= 11 is 0. The summed E-state index contributed by atoms with van der Waals surface area (Å²) in [4.78, 5) is 41.5. The van der Waals surface area contributed by atoms with Gasteiger partial charge in [-0.1, -0.05) is 36.4 Å². The van der Waals surface area contributed by atoms with Crippen molar-refractivity contribution in [2.45, 2.75) is 31.2 Å². The number of aliphatic hydroxyl groups is 1. The molecule has 5 rings (SSSR count). The van der Waals surface area contributed by atoms with Crippen molar-refractivity contribution < 1.29 is 24.2 Å². The lowest BCUT2D eigenvalue weighted by molar-refractivity contribution is -0.143. The predicted molar refractivity (Wildman–Crippen MR) is 111 cm³/mol. The van der Waals surface area contributed by atoms with E-state index in [0.717, 1.165) is 0 Å². The van der Waals surface area contributed by atoms with E-state index in [1.54, 1.807) is 43.3 Å². The largest absolute Gasteiger partial charge is 0.496 e. The van der Waals surface area contributed by atoms with Crippen LogP contribution in [-0.4, -0.2) is 47.0 Å². The molecule has 1 spiro atoms. The van der Waals surface area contributed by atoms with Crippen molar-refractivity contribution in [2.75, 3.05) is 12.4 Å². The van der Waals surface area contributed by atoms with Crippen molar-refractivity contribution in [3.63, 3.8) is 0 Å². The number of ether oxygens (including phenoxy) is 1. The molecule has 2 fully saturated rings. The van der Waals surface area contributed by atoms with Crippen LogP contribution in [0.1, 0.15) is 18.1 Å². The number of aliphatic hydroxyl groups excluding tert-OH is 1. The number of nitrogens with one attached hydrogen (secondary N) is 2. The number of methoxy groups -OCH3 is 1. The third-order valence-electron chi connectivity index (χ3n) is 6.69. The molecule has 5 atom stereocenters. The summed E-state index contributed by atoms with van der Waals surface area (Å²) in [7, 11) is 1.53.